The molecule has 2 saturated heterocycles. The molecule has 2 aliphatic heterocycles. The Labute approximate surface area is 188 Å². The number of carbonyl (C=O) groups excluding carboxylic acids is 1. The van der Waals surface area contributed by atoms with Crippen LogP contribution < -0.4 is 10.6 Å². The van der Waals surface area contributed by atoms with Crippen LogP contribution in [0, 0.1) is 5.92 Å². The number of hydrogen-bond donors (Lipinski definition) is 2. The molecule has 0 aromatic heterocycles. The van der Waals surface area contributed by atoms with Crippen LogP contribution in [-0.2, 0) is 9.53 Å². The largest absolute Gasteiger partial charge is 0.377 e. The Morgan fingerprint density at radius 1 is 1.00 bits per heavy atom. The number of nitrogens with zero attached hydrogens (tertiary/aromatic N) is 4. The summed E-state index contributed by atoms with van der Waals surface area (Å²) in [7, 11) is 1.85. The maximum absolute atomic E-state index is 12.4. The molecule has 2 N–H and O–H groups in total. The highest BCUT2D eigenvalue weighted by Crippen LogP contribution is 2.28. The average molecular weight is 437 g/mol. The van der Waals surface area contributed by atoms with Gasteiger partial charge in [0.15, 0.2) is 5.96 Å². The van der Waals surface area contributed by atoms with E-state index in [9.17, 15) is 4.79 Å². The summed E-state index contributed by atoms with van der Waals surface area (Å²) >= 11 is 0. The lowest BCUT2D eigenvalue weighted by Crippen LogP contribution is -2.53. The molecule has 0 bridgehead atoms. The van der Waals surface area contributed by atoms with Gasteiger partial charge in [0.1, 0.15) is 0 Å². The van der Waals surface area contributed by atoms with Crippen LogP contribution in [0.5, 0.6) is 0 Å². The summed E-state index contributed by atoms with van der Waals surface area (Å²) in [4.78, 5) is 23.8. The summed E-state index contributed by atoms with van der Waals surface area (Å²) < 4.78 is 5.67. The van der Waals surface area contributed by atoms with Crippen LogP contribution in [-0.4, -0.2) is 111 Å². The minimum Gasteiger partial charge on any atom is -0.377 e. The van der Waals surface area contributed by atoms with E-state index >= 15 is 0 Å². The highest BCUT2D eigenvalue weighted by Gasteiger charge is 2.31. The minimum atomic E-state index is 0.312. The SMILES string of the molecule is CN=C(NCCN1CCN(C(=O)C2CCC2)CC1)NC1CCN(CCOC(C)C)CC1. The van der Waals surface area contributed by atoms with Gasteiger partial charge in [0, 0.05) is 77.9 Å². The Bertz CT molecular complexity index is 564. The van der Waals surface area contributed by atoms with Gasteiger partial charge in [0.05, 0.1) is 12.7 Å². The Balaban J connectivity index is 1.25. The van der Waals surface area contributed by atoms with Gasteiger partial charge in [-0.3, -0.25) is 14.7 Å². The summed E-state index contributed by atoms with van der Waals surface area (Å²) in [5, 5.41) is 7.07. The number of rotatable bonds is 9. The van der Waals surface area contributed by atoms with Crippen LogP contribution in [0.2, 0.25) is 0 Å². The molecule has 0 unspecified atom stereocenters. The van der Waals surface area contributed by atoms with Crippen LogP contribution in [0.15, 0.2) is 4.99 Å². The molecule has 3 fully saturated rings. The Kier molecular flexibility index (Phi) is 9.87. The van der Waals surface area contributed by atoms with Gasteiger partial charge < -0.3 is 25.2 Å². The van der Waals surface area contributed by atoms with Crippen LogP contribution >= 0.6 is 0 Å². The molecular formula is C23H44N6O2. The molecule has 3 aliphatic rings. The highest BCUT2D eigenvalue weighted by atomic mass is 16.5. The third-order valence-electron chi connectivity index (χ3n) is 6.87. The summed E-state index contributed by atoms with van der Waals surface area (Å²) in [5.41, 5.74) is 0. The fourth-order valence-electron chi connectivity index (χ4n) is 4.54. The number of ether oxygens (including phenoxy) is 1. The molecule has 1 aliphatic carbocycles. The van der Waals surface area contributed by atoms with Crippen LogP contribution in [0.25, 0.3) is 0 Å². The Hall–Kier alpha value is -1.38. The first-order chi connectivity index (χ1) is 15.0. The maximum Gasteiger partial charge on any atom is 0.225 e. The molecule has 8 nitrogen and oxygen atoms in total. The molecule has 8 heteroatoms. The van der Waals surface area contributed by atoms with Crippen LogP contribution in [0.4, 0.5) is 0 Å². The molecule has 0 radical (unpaired) electrons. The van der Waals surface area contributed by atoms with Crippen molar-refractivity contribution >= 4 is 11.9 Å². The fraction of sp³-hybridized carbons (Fsp3) is 0.913. The van der Waals surface area contributed by atoms with E-state index in [1.165, 1.54) is 6.42 Å². The predicted octanol–water partition coefficient (Wildman–Crippen LogP) is 0.985. The number of piperazine rings is 1. The first-order valence-electron chi connectivity index (χ1n) is 12.4. The minimum absolute atomic E-state index is 0.312. The van der Waals surface area contributed by atoms with Gasteiger partial charge in [-0.1, -0.05) is 6.42 Å². The van der Waals surface area contributed by atoms with Gasteiger partial charge in [-0.25, -0.2) is 0 Å². The van der Waals surface area contributed by atoms with Crippen molar-refractivity contribution in [3.8, 4) is 0 Å². The molecule has 3 rings (SSSR count). The van der Waals surface area contributed by atoms with Crippen LogP contribution in [0.3, 0.4) is 0 Å². The van der Waals surface area contributed by atoms with Gasteiger partial charge in [0.2, 0.25) is 5.91 Å². The second kappa shape index (κ2) is 12.6. The predicted molar refractivity (Wildman–Crippen MR) is 125 cm³/mol. The van der Waals surface area contributed by atoms with Crippen molar-refractivity contribution < 1.29 is 9.53 Å². The molecule has 0 spiro atoms. The maximum atomic E-state index is 12.4. The number of carbonyl (C=O) groups is 1. The molecule has 31 heavy (non-hydrogen) atoms. The Morgan fingerprint density at radius 2 is 1.68 bits per heavy atom. The molecule has 178 valence electrons. The van der Waals surface area contributed by atoms with E-state index in [0.29, 0.717) is 24.0 Å². The lowest BCUT2D eigenvalue weighted by atomic mass is 9.84. The van der Waals surface area contributed by atoms with Gasteiger partial charge in [0.25, 0.3) is 0 Å². The molecule has 0 aromatic rings. The molecule has 2 heterocycles. The van der Waals surface area contributed by atoms with Crippen molar-refractivity contribution in [2.24, 2.45) is 10.9 Å². The first-order valence-corrected chi connectivity index (χ1v) is 12.4. The average Bonchev–Trinajstić information content (AvgIpc) is 2.73. The third-order valence-corrected chi connectivity index (χ3v) is 6.87. The van der Waals surface area contributed by atoms with E-state index in [1.807, 2.05) is 7.05 Å². The number of amides is 1. The quantitative estimate of drug-likeness (QED) is 0.415. The van der Waals surface area contributed by atoms with Crippen molar-refractivity contribution in [1.82, 2.24) is 25.3 Å². The molecule has 1 saturated carbocycles. The number of likely N-dealkylation sites (tertiary alicyclic amines) is 1. The standard InChI is InChI=1S/C23H44N6O2/c1-19(2)31-18-17-27-10-7-21(8-11-27)26-23(24-3)25-9-12-28-13-15-29(16-14-28)22(30)20-5-4-6-20/h19-21H,4-18H2,1-3H3,(H2,24,25,26). The number of guanidine groups is 1. The van der Waals surface area contributed by atoms with E-state index < -0.39 is 0 Å². The van der Waals surface area contributed by atoms with E-state index in [1.54, 1.807) is 0 Å². The zero-order chi connectivity index (χ0) is 22.1. The Morgan fingerprint density at radius 3 is 2.26 bits per heavy atom. The van der Waals surface area contributed by atoms with Gasteiger partial charge in [-0.15, -0.1) is 0 Å². The van der Waals surface area contributed by atoms with Crippen molar-refractivity contribution in [3.05, 3.63) is 0 Å². The summed E-state index contributed by atoms with van der Waals surface area (Å²) in [6.45, 7) is 13.8. The van der Waals surface area contributed by atoms with E-state index in [4.69, 9.17) is 4.74 Å². The molecule has 0 aromatic carbocycles. The summed E-state index contributed by atoms with van der Waals surface area (Å²) in [6.07, 6.45) is 6.01. The van der Waals surface area contributed by atoms with Crippen molar-refractivity contribution in [2.45, 2.75) is 58.1 Å². The zero-order valence-electron chi connectivity index (χ0n) is 19.9. The van der Waals surface area contributed by atoms with Crippen molar-refractivity contribution in [3.63, 3.8) is 0 Å². The van der Waals surface area contributed by atoms with Gasteiger partial charge in [-0.05, 0) is 39.5 Å². The lowest BCUT2D eigenvalue weighted by Gasteiger charge is -2.38. The van der Waals surface area contributed by atoms with Gasteiger partial charge >= 0.3 is 0 Å². The summed E-state index contributed by atoms with van der Waals surface area (Å²) in [6, 6.07) is 0.481. The monoisotopic (exact) mass is 436 g/mol. The lowest BCUT2D eigenvalue weighted by molar-refractivity contribution is -0.139. The smallest absolute Gasteiger partial charge is 0.225 e. The molecule has 1 amide bonds. The number of aliphatic imine (C=N–C) groups is 1. The topological polar surface area (TPSA) is 72.4 Å². The summed E-state index contributed by atoms with van der Waals surface area (Å²) in [5.74, 6) is 1.62. The molecule has 0 atom stereocenters. The second-order valence-corrected chi connectivity index (χ2v) is 9.47. The first kappa shape index (κ1) is 24.3. The molecular weight excluding hydrogens is 392 g/mol. The van der Waals surface area contributed by atoms with Crippen molar-refractivity contribution in [2.75, 3.05) is 72.6 Å². The normalized spacial score (nSPS) is 22.6. The van der Waals surface area contributed by atoms with E-state index in [-0.39, 0.29) is 0 Å². The zero-order valence-corrected chi connectivity index (χ0v) is 19.9. The number of nitrogens with one attached hydrogen (secondary N) is 2. The fourth-order valence-corrected chi connectivity index (χ4v) is 4.54. The van der Waals surface area contributed by atoms with Gasteiger partial charge in [-0.2, -0.15) is 0 Å². The van der Waals surface area contributed by atoms with Crippen molar-refractivity contribution in [1.29, 1.82) is 0 Å². The second-order valence-electron chi connectivity index (χ2n) is 9.47. The third kappa shape index (κ3) is 7.91. The van der Waals surface area contributed by atoms with Crippen LogP contribution in [0.1, 0.15) is 46.0 Å². The highest BCUT2D eigenvalue weighted by molar-refractivity contribution is 5.80. The van der Waals surface area contributed by atoms with E-state index in [0.717, 1.165) is 97.2 Å². The number of piperidine rings is 1. The van der Waals surface area contributed by atoms with E-state index in [2.05, 4.69) is 44.2 Å². The number of hydrogen-bond acceptors (Lipinski definition) is 5.